The summed E-state index contributed by atoms with van der Waals surface area (Å²) in [5.74, 6) is 2.14. The van der Waals surface area contributed by atoms with E-state index in [1.54, 1.807) is 6.08 Å². The molecule has 86 valence electrons. The van der Waals surface area contributed by atoms with Crippen molar-refractivity contribution < 1.29 is 9.53 Å². The molecule has 1 heterocycles. The van der Waals surface area contributed by atoms with Gasteiger partial charge in [-0.2, -0.15) is 0 Å². The number of hydrogen-bond acceptors (Lipinski definition) is 4. The molecule has 1 fully saturated rings. The van der Waals surface area contributed by atoms with Crippen LogP contribution >= 0.6 is 23.5 Å². The van der Waals surface area contributed by atoms with Gasteiger partial charge >= 0.3 is 5.97 Å². The number of rotatable bonds is 4. The molecule has 0 aromatic carbocycles. The van der Waals surface area contributed by atoms with E-state index in [0.29, 0.717) is 0 Å². The lowest BCUT2D eigenvalue weighted by atomic mass is 9.85. The van der Waals surface area contributed by atoms with Gasteiger partial charge in [0.2, 0.25) is 0 Å². The molecule has 1 atom stereocenters. The van der Waals surface area contributed by atoms with Crippen LogP contribution in [0.4, 0.5) is 0 Å². The summed E-state index contributed by atoms with van der Waals surface area (Å²) < 4.78 is 4.95. The zero-order chi connectivity index (χ0) is 11.5. The minimum Gasteiger partial charge on any atom is -0.468 e. The molecule has 15 heavy (non-hydrogen) atoms. The van der Waals surface area contributed by atoms with Crippen LogP contribution in [-0.4, -0.2) is 28.7 Å². The zero-order valence-electron chi connectivity index (χ0n) is 9.54. The summed E-state index contributed by atoms with van der Waals surface area (Å²) in [6, 6.07) is 0. The first kappa shape index (κ1) is 13.0. The van der Waals surface area contributed by atoms with Gasteiger partial charge in [0.05, 0.1) is 16.6 Å². The molecule has 0 unspecified atom stereocenters. The van der Waals surface area contributed by atoms with Crippen molar-refractivity contribution in [3.8, 4) is 0 Å². The second-order valence-electron chi connectivity index (χ2n) is 4.12. The molecule has 0 N–H and O–H groups in total. The number of esters is 1. The Bertz CT molecular complexity index is 259. The van der Waals surface area contributed by atoms with Gasteiger partial charge in [-0.25, -0.2) is 0 Å². The number of hydrogen-bond donors (Lipinski definition) is 0. The van der Waals surface area contributed by atoms with E-state index in [1.165, 1.54) is 7.11 Å². The van der Waals surface area contributed by atoms with Crippen molar-refractivity contribution >= 4 is 29.5 Å². The third kappa shape index (κ3) is 2.94. The molecule has 0 amide bonds. The topological polar surface area (TPSA) is 26.3 Å². The minimum atomic E-state index is -0.562. The quantitative estimate of drug-likeness (QED) is 0.563. The molecule has 1 saturated heterocycles. The van der Waals surface area contributed by atoms with Crippen molar-refractivity contribution in [2.45, 2.75) is 24.3 Å². The van der Waals surface area contributed by atoms with E-state index >= 15 is 0 Å². The second kappa shape index (κ2) is 4.83. The van der Waals surface area contributed by atoms with Crippen molar-refractivity contribution in [3.63, 3.8) is 0 Å². The largest absolute Gasteiger partial charge is 0.468 e. The summed E-state index contributed by atoms with van der Waals surface area (Å²) in [6.07, 6.45) is 2.50. The fourth-order valence-corrected chi connectivity index (χ4v) is 4.95. The summed E-state index contributed by atoms with van der Waals surface area (Å²) in [4.78, 5) is 11.7. The molecule has 1 aliphatic rings. The van der Waals surface area contributed by atoms with E-state index in [2.05, 4.69) is 13.5 Å². The third-order valence-corrected chi connectivity index (χ3v) is 5.98. The van der Waals surface area contributed by atoms with Gasteiger partial charge in [0.25, 0.3) is 0 Å². The SMILES string of the molecule is C=C[C@@](C)(CC1(C)SCCS1)C(=O)OC. The first-order valence-corrected chi connectivity index (χ1v) is 6.93. The fraction of sp³-hybridized carbons (Fsp3) is 0.727. The molecule has 0 bridgehead atoms. The first-order chi connectivity index (χ1) is 6.96. The van der Waals surface area contributed by atoms with E-state index in [4.69, 9.17) is 4.74 Å². The summed E-state index contributed by atoms with van der Waals surface area (Å²) in [7, 11) is 1.43. The number of methoxy groups -OCH3 is 1. The Morgan fingerprint density at radius 2 is 2.13 bits per heavy atom. The maximum Gasteiger partial charge on any atom is 0.315 e. The third-order valence-electron chi connectivity index (χ3n) is 2.69. The van der Waals surface area contributed by atoms with Crippen LogP contribution in [-0.2, 0) is 9.53 Å². The van der Waals surface area contributed by atoms with Gasteiger partial charge in [-0.3, -0.25) is 4.79 Å². The van der Waals surface area contributed by atoms with Crippen LogP contribution < -0.4 is 0 Å². The van der Waals surface area contributed by atoms with Gasteiger partial charge in [0.1, 0.15) is 0 Å². The van der Waals surface area contributed by atoms with Crippen LogP contribution in [0.15, 0.2) is 12.7 Å². The molecule has 0 aliphatic carbocycles. The fourth-order valence-electron chi connectivity index (χ4n) is 1.79. The number of carbonyl (C=O) groups excluding carboxylic acids is 1. The average Bonchev–Trinajstić information content (AvgIpc) is 2.63. The van der Waals surface area contributed by atoms with Crippen LogP contribution in [0.5, 0.6) is 0 Å². The predicted octanol–water partition coefficient (Wildman–Crippen LogP) is 2.94. The Hall–Kier alpha value is -0.0900. The summed E-state index contributed by atoms with van der Waals surface area (Å²) in [5, 5.41) is 0. The lowest BCUT2D eigenvalue weighted by Gasteiger charge is -2.31. The molecule has 1 aliphatic heterocycles. The van der Waals surface area contributed by atoms with Crippen molar-refractivity contribution in [3.05, 3.63) is 12.7 Å². The van der Waals surface area contributed by atoms with Crippen LogP contribution in [0.2, 0.25) is 0 Å². The van der Waals surface area contributed by atoms with Crippen LogP contribution in [0.1, 0.15) is 20.3 Å². The highest BCUT2D eigenvalue weighted by atomic mass is 32.2. The van der Waals surface area contributed by atoms with Gasteiger partial charge in [0, 0.05) is 11.5 Å². The molecule has 0 spiro atoms. The van der Waals surface area contributed by atoms with Crippen molar-refractivity contribution in [1.82, 2.24) is 0 Å². The Morgan fingerprint density at radius 1 is 1.60 bits per heavy atom. The van der Waals surface area contributed by atoms with Gasteiger partial charge in [0.15, 0.2) is 0 Å². The molecule has 0 aromatic heterocycles. The van der Waals surface area contributed by atoms with Gasteiger partial charge in [-0.1, -0.05) is 6.08 Å². The second-order valence-corrected chi connectivity index (χ2v) is 7.58. The first-order valence-electron chi connectivity index (χ1n) is 4.96. The van der Waals surface area contributed by atoms with Crippen molar-refractivity contribution in [2.24, 2.45) is 5.41 Å². The van der Waals surface area contributed by atoms with Crippen LogP contribution in [0.3, 0.4) is 0 Å². The number of carbonyl (C=O) groups is 1. The lowest BCUT2D eigenvalue weighted by molar-refractivity contribution is -0.149. The van der Waals surface area contributed by atoms with E-state index in [-0.39, 0.29) is 10.0 Å². The van der Waals surface area contributed by atoms with Gasteiger partial charge < -0.3 is 4.74 Å². The molecular formula is C11H18O2S2. The van der Waals surface area contributed by atoms with E-state index in [9.17, 15) is 4.79 Å². The molecule has 2 nitrogen and oxygen atoms in total. The molecule has 0 radical (unpaired) electrons. The Labute approximate surface area is 100 Å². The maximum atomic E-state index is 11.7. The highest BCUT2D eigenvalue weighted by molar-refractivity contribution is 8.21. The standard InChI is InChI=1S/C11H18O2S2/c1-5-10(2,9(12)13-4)8-11(3)14-6-7-15-11/h5H,1,6-8H2,2-4H3/t10-/m0/s1. The lowest BCUT2D eigenvalue weighted by Crippen LogP contribution is -2.33. The molecule has 0 aromatic rings. The molecule has 4 heteroatoms. The molecule has 0 saturated carbocycles. The molecular weight excluding hydrogens is 228 g/mol. The summed E-state index contributed by atoms with van der Waals surface area (Å²) in [5.41, 5.74) is -0.562. The maximum absolute atomic E-state index is 11.7. The predicted molar refractivity (Wildman–Crippen MR) is 68.3 cm³/mol. The highest BCUT2D eigenvalue weighted by Crippen LogP contribution is 2.50. The zero-order valence-corrected chi connectivity index (χ0v) is 11.2. The monoisotopic (exact) mass is 246 g/mol. The van der Waals surface area contributed by atoms with E-state index in [0.717, 1.165) is 17.9 Å². The smallest absolute Gasteiger partial charge is 0.315 e. The van der Waals surface area contributed by atoms with Crippen molar-refractivity contribution in [2.75, 3.05) is 18.6 Å². The average molecular weight is 246 g/mol. The van der Waals surface area contributed by atoms with Gasteiger partial charge in [-0.15, -0.1) is 30.1 Å². The highest BCUT2D eigenvalue weighted by Gasteiger charge is 2.41. The van der Waals surface area contributed by atoms with Crippen molar-refractivity contribution in [1.29, 1.82) is 0 Å². The van der Waals surface area contributed by atoms with Crippen LogP contribution in [0.25, 0.3) is 0 Å². The van der Waals surface area contributed by atoms with Gasteiger partial charge in [-0.05, 0) is 20.3 Å². The number of thioether (sulfide) groups is 2. The Morgan fingerprint density at radius 3 is 2.53 bits per heavy atom. The normalized spacial score (nSPS) is 23.1. The van der Waals surface area contributed by atoms with E-state index in [1.807, 2.05) is 30.4 Å². The Balaban J connectivity index is 2.75. The number of ether oxygens (including phenoxy) is 1. The van der Waals surface area contributed by atoms with Crippen LogP contribution in [0, 0.1) is 5.41 Å². The summed E-state index contributed by atoms with van der Waals surface area (Å²) in [6.45, 7) is 7.85. The van der Waals surface area contributed by atoms with E-state index < -0.39 is 5.41 Å². The summed E-state index contributed by atoms with van der Waals surface area (Å²) >= 11 is 3.84. The Kier molecular flexibility index (Phi) is 4.18. The molecule has 1 rings (SSSR count). The minimum absolute atomic E-state index is 0.122.